The number of amides is 2. The highest BCUT2D eigenvalue weighted by molar-refractivity contribution is 5.97. The molecule has 0 atom stereocenters. The number of carbonyl (C=O) groups is 3. The summed E-state index contributed by atoms with van der Waals surface area (Å²) in [6, 6.07) is 11.2. The standard InChI is InChI=1S/C22H21N3O5/c1-16(27)23-11-13-24(14-12-23)21(28)10-9-17-6-4-8-20(25(29)30)22(17)19-7-3-2-5-18(19)15-26/h2-10,15H,11-14H2,1H3. The monoisotopic (exact) mass is 407 g/mol. The van der Waals surface area contributed by atoms with Gasteiger partial charge in [0, 0.05) is 50.8 Å². The first-order valence-corrected chi connectivity index (χ1v) is 9.47. The highest BCUT2D eigenvalue weighted by Crippen LogP contribution is 2.35. The van der Waals surface area contributed by atoms with Gasteiger partial charge >= 0.3 is 0 Å². The Morgan fingerprint density at radius 1 is 0.967 bits per heavy atom. The lowest BCUT2D eigenvalue weighted by atomic mass is 9.94. The maximum atomic E-state index is 12.6. The number of nitro groups is 1. The average molecular weight is 407 g/mol. The van der Waals surface area contributed by atoms with E-state index in [4.69, 9.17) is 0 Å². The van der Waals surface area contributed by atoms with Crippen LogP contribution in [0.3, 0.4) is 0 Å². The molecule has 0 radical (unpaired) electrons. The third kappa shape index (κ3) is 4.43. The number of rotatable bonds is 5. The van der Waals surface area contributed by atoms with Crippen molar-refractivity contribution >= 4 is 29.9 Å². The lowest BCUT2D eigenvalue weighted by molar-refractivity contribution is -0.384. The molecule has 0 unspecified atom stereocenters. The van der Waals surface area contributed by atoms with Crippen molar-refractivity contribution in [1.82, 2.24) is 9.80 Å². The second-order valence-corrected chi connectivity index (χ2v) is 6.87. The third-order valence-corrected chi connectivity index (χ3v) is 5.07. The number of carbonyl (C=O) groups excluding carboxylic acids is 3. The molecular weight excluding hydrogens is 386 g/mol. The smallest absolute Gasteiger partial charge is 0.277 e. The van der Waals surface area contributed by atoms with E-state index < -0.39 is 4.92 Å². The number of piperazine rings is 1. The highest BCUT2D eigenvalue weighted by Gasteiger charge is 2.22. The molecule has 0 spiro atoms. The summed E-state index contributed by atoms with van der Waals surface area (Å²) in [6.07, 6.45) is 3.55. The van der Waals surface area contributed by atoms with Gasteiger partial charge in [-0.2, -0.15) is 0 Å². The first-order chi connectivity index (χ1) is 14.4. The average Bonchev–Trinajstić information content (AvgIpc) is 2.77. The van der Waals surface area contributed by atoms with Gasteiger partial charge in [0.25, 0.3) is 5.69 Å². The Morgan fingerprint density at radius 2 is 1.60 bits per heavy atom. The van der Waals surface area contributed by atoms with Crippen LogP contribution in [0.4, 0.5) is 5.69 Å². The van der Waals surface area contributed by atoms with Crippen LogP contribution in [-0.2, 0) is 9.59 Å². The first-order valence-electron chi connectivity index (χ1n) is 9.47. The molecular formula is C22H21N3O5. The summed E-state index contributed by atoms with van der Waals surface area (Å²) in [5.74, 6) is -0.257. The van der Waals surface area contributed by atoms with Gasteiger partial charge in [-0.25, -0.2) is 0 Å². The van der Waals surface area contributed by atoms with Crippen LogP contribution in [0, 0.1) is 10.1 Å². The number of benzene rings is 2. The van der Waals surface area contributed by atoms with Crippen molar-refractivity contribution in [3.63, 3.8) is 0 Å². The fourth-order valence-corrected chi connectivity index (χ4v) is 3.48. The number of hydrogen-bond acceptors (Lipinski definition) is 5. The van der Waals surface area contributed by atoms with Gasteiger partial charge in [-0.05, 0) is 17.2 Å². The van der Waals surface area contributed by atoms with Gasteiger partial charge in [0.2, 0.25) is 11.8 Å². The molecule has 2 aromatic rings. The van der Waals surface area contributed by atoms with Crippen molar-refractivity contribution in [2.45, 2.75) is 6.92 Å². The summed E-state index contributed by atoms with van der Waals surface area (Å²) in [4.78, 5) is 49.9. The molecule has 154 valence electrons. The summed E-state index contributed by atoms with van der Waals surface area (Å²) in [6.45, 7) is 3.31. The number of hydrogen-bond donors (Lipinski definition) is 0. The maximum absolute atomic E-state index is 12.6. The zero-order valence-corrected chi connectivity index (χ0v) is 16.5. The zero-order chi connectivity index (χ0) is 21.7. The number of nitrogens with zero attached hydrogens (tertiary/aromatic N) is 3. The van der Waals surface area contributed by atoms with E-state index in [1.54, 1.807) is 46.2 Å². The molecule has 8 nitrogen and oxygen atoms in total. The second-order valence-electron chi connectivity index (χ2n) is 6.87. The van der Waals surface area contributed by atoms with Crippen LogP contribution in [0.15, 0.2) is 48.5 Å². The lowest BCUT2D eigenvalue weighted by Crippen LogP contribution is -2.49. The van der Waals surface area contributed by atoms with Gasteiger partial charge in [-0.15, -0.1) is 0 Å². The molecule has 1 aliphatic rings. The van der Waals surface area contributed by atoms with Crippen molar-refractivity contribution in [1.29, 1.82) is 0 Å². The van der Waals surface area contributed by atoms with E-state index in [1.807, 2.05) is 0 Å². The summed E-state index contributed by atoms with van der Waals surface area (Å²) in [5, 5.41) is 11.6. The van der Waals surface area contributed by atoms with Gasteiger partial charge in [-0.3, -0.25) is 24.5 Å². The fraction of sp³-hybridized carbons (Fsp3) is 0.227. The molecule has 1 fully saturated rings. The van der Waals surface area contributed by atoms with Crippen LogP contribution in [0.5, 0.6) is 0 Å². The van der Waals surface area contributed by atoms with E-state index in [1.165, 1.54) is 25.1 Å². The van der Waals surface area contributed by atoms with Gasteiger partial charge in [0.1, 0.15) is 0 Å². The van der Waals surface area contributed by atoms with Gasteiger partial charge in [-0.1, -0.05) is 36.4 Å². The predicted molar refractivity (Wildman–Crippen MR) is 112 cm³/mol. The maximum Gasteiger partial charge on any atom is 0.277 e. The van der Waals surface area contributed by atoms with E-state index >= 15 is 0 Å². The van der Waals surface area contributed by atoms with E-state index in [2.05, 4.69) is 0 Å². The molecule has 0 N–H and O–H groups in total. The van der Waals surface area contributed by atoms with Crippen LogP contribution in [-0.4, -0.2) is 59.0 Å². The van der Waals surface area contributed by atoms with Crippen molar-refractivity contribution < 1.29 is 19.3 Å². The molecule has 8 heteroatoms. The minimum absolute atomic E-state index is 0.0206. The molecule has 0 aliphatic carbocycles. The van der Waals surface area contributed by atoms with Gasteiger partial charge in [0.05, 0.1) is 10.5 Å². The van der Waals surface area contributed by atoms with Gasteiger partial charge < -0.3 is 9.80 Å². The molecule has 3 rings (SSSR count). The normalized spacial score (nSPS) is 14.0. The Kier molecular flexibility index (Phi) is 6.36. The molecule has 2 aromatic carbocycles. The van der Waals surface area contributed by atoms with Crippen LogP contribution in [0.1, 0.15) is 22.8 Å². The minimum Gasteiger partial charge on any atom is -0.339 e. The Hall–Kier alpha value is -3.81. The topological polar surface area (TPSA) is 101 Å². The van der Waals surface area contributed by atoms with Crippen molar-refractivity contribution in [3.05, 3.63) is 69.8 Å². The highest BCUT2D eigenvalue weighted by atomic mass is 16.6. The summed E-state index contributed by atoms with van der Waals surface area (Å²) < 4.78 is 0. The summed E-state index contributed by atoms with van der Waals surface area (Å²) >= 11 is 0. The minimum atomic E-state index is -0.503. The van der Waals surface area contributed by atoms with E-state index in [-0.39, 0.29) is 23.1 Å². The largest absolute Gasteiger partial charge is 0.339 e. The van der Waals surface area contributed by atoms with Crippen molar-refractivity contribution in [2.75, 3.05) is 26.2 Å². The summed E-state index contributed by atoms with van der Waals surface area (Å²) in [7, 11) is 0. The van der Waals surface area contributed by atoms with Gasteiger partial charge in [0.15, 0.2) is 6.29 Å². The van der Waals surface area contributed by atoms with Crippen LogP contribution in [0.2, 0.25) is 0 Å². The van der Waals surface area contributed by atoms with E-state index in [0.717, 1.165) is 0 Å². The molecule has 0 saturated carbocycles. The van der Waals surface area contributed by atoms with Crippen molar-refractivity contribution in [3.8, 4) is 11.1 Å². The third-order valence-electron chi connectivity index (χ3n) is 5.07. The number of aldehydes is 1. The van der Waals surface area contributed by atoms with Crippen LogP contribution >= 0.6 is 0 Å². The number of nitro benzene ring substituents is 1. The lowest BCUT2D eigenvalue weighted by Gasteiger charge is -2.33. The molecule has 1 saturated heterocycles. The molecule has 1 heterocycles. The Bertz CT molecular complexity index is 1020. The molecule has 0 bridgehead atoms. The Balaban J connectivity index is 1.92. The molecule has 0 aromatic heterocycles. The van der Waals surface area contributed by atoms with E-state index in [9.17, 15) is 24.5 Å². The van der Waals surface area contributed by atoms with E-state index in [0.29, 0.717) is 49.2 Å². The quantitative estimate of drug-likeness (QED) is 0.328. The van der Waals surface area contributed by atoms with Crippen molar-refractivity contribution in [2.24, 2.45) is 0 Å². The Morgan fingerprint density at radius 3 is 2.23 bits per heavy atom. The Labute approximate surface area is 173 Å². The first kappa shape index (κ1) is 20.9. The van der Waals surface area contributed by atoms with Crippen LogP contribution < -0.4 is 0 Å². The molecule has 1 aliphatic heterocycles. The fourth-order valence-electron chi connectivity index (χ4n) is 3.48. The second kappa shape index (κ2) is 9.13. The summed E-state index contributed by atoms with van der Waals surface area (Å²) in [5.41, 5.74) is 1.37. The SMILES string of the molecule is CC(=O)N1CCN(C(=O)C=Cc2cccc([N+](=O)[O-])c2-c2ccccc2C=O)CC1. The van der Waals surface area contributed by atoms with Crippen LogP contribution in [0.25, 0.3) is 17.2 Å². The molecule has 30 heavy (non-hydrogen) atoms. The molecule has 2 amide bonds. The zero-order valence-electron chi connectivity index (χ0n) is 16.5. The predicted octanol–water partition coefficient (Wildman–Crippen LogP) is 2.78.